The van der Waals surface area contributed by atoms with E-state index in [2.05, 4.69) is 10.1 Å². The third kappa shape index (κ3) is 6.05. The first-order valence-corrected chi connectivity index (χ1v) is 12.2. The van der Waals surface area contributed by atoms with Crippen molar-refractivity contribution in [2.75, 3.05) is 38.0 Å². The van der Waals surface area contributed by atoms with Crippen molar-refractivity contribution in [1.82, 2.24) is 9.88 Å². The number of anilines is 1. The van der Waals surface area contributed by atoms with Crippen molar-refractivity contribution in [3.63, 3.8) is 0 Å². The number of hydrazone groups is 1. The molecule has 0 fully saturated rings. The molecule has 2 aromatic carbocycles. The summed E-state index contributed by atoms with van der Waals surface area (Å²) >= 11 is 6.28. The number of fused-ring (bicyclic) bond motifs is 1. The number of aliphatic hydroxyl groups is 2. The van der Waals surface area contributed by atoms with E-state index in [9.17, 15) is 22.7 Å². The summed E-state index contributed by atoms with van der Waals surface area (Å²) in [6, 6.07) is 6.78. The average Bonchev–Trinajstić information content (AvgIpc) is 3.33. The predicted octanol–water partition coefficient (Wildman–Crippen LogP) is 4.93. The van der Waals surface area contributed by atoms with E-state index in [1.54, 1.807) is 11.0 Å². The molecule has 4 rings (SSSR count). The molecular weight excluding hydrogens is 548 g/mol. The van der Waals surface area contributed by atoms with Crippen LogP contribution in [-0.4, -0.2) is 71.2 Å². The molecule has 14 heteroatoms. The van der Waals surface area contributed by atoms with Crippen LogP contribution < -0.4 is 19.2 Å². The van der Waals surface area contributed by atoms with Crippen molar-refractivity contribution in [3.05, 3.63) is 47.4 Å². The monoisotopic (exact) mass is 572 g/mol. The summed E-state index contributed by atoms with van der Waals surface area (Å²) in [7, 11) is 0. The van der Waals surface area contributed by atoms with E-state index in [4.69, 9.17) is 30.9 Å². The molecule has 9 nitrogen and oxygen atoms in total. The molecule has 1 aliphatic rings. The molecule has 0 bridgehead atoms. The van der Waals surface area contributed by atoms with Crippen LogP contribution in [0.2, 0.25) is 5.02 Å². The van der Waals surface area contributed by atoms with Crippen molar-refractivity contribution < 1.29 is 42.0 Å². The Hall–Kier alpha value is -3.55. The molecule has 0 amide bonds. The number of alkyl halides is 3. The smallest absolute Gasteiger partial charge is 0.425 e. The molecule has 0 unspecified atom stereocenters. The summed E-state index contributed by atoms with van der Waals surface area (Å²) < 4.78 is 71.6. The van der Waals surface area contributed by atoms with Crippen molar-refractivity contribution in [3.8, 4) is 23.1 Å². The number of amidine groups is 1. The summed E-state index contributed by atoms with van der Waals surface area (Å²) in [4.78, 5) is 5.90. The van der Waals surface area contributed by atoms with Crippen LogP contribution in [-0.2, 0) is 0 Å². The Morgan fingerprint density at radius 1 is 1.15 bits per heavy atom. The van der Waals surface area contributed by atoms with E-state index in [1.807, 2.05) is 6.92 Å². The van der Waals surface area contributed by atoms with Gasteiger partial charge in [-0.3, -0.25) is 0 Å². The molecule has 0 saturated carbocycles. The second-order valence-electron chi connectivity index (χ2n) is 8.39. The van der Waals surface area contributed by atoms with Gasteiger partial charge in [-0.15, -0.1) is 0 Å². The van der Waals surface area contributed by atoms with Crippen LogP contribution in [0.15, 0.2) is 41.6 Å². The molecule has 1 aliphatic heterocycles. The number of halogens is 5. The lowest BCUT2D eigenvalue weighted by Gasteiger charge is -2.23. The maximum atomic E-state index is 14.7. The molecule has 0 radical (unpaired) electrons. The molecule has 1 aromatic heterocycles. The SMILES string of the molecule is CCN1CN(c2cc(O[C@@H](C)C(F)(F)F)c3c(Oc4c(F)ccc(OCCO)c4Cl)nccc3c2)N=C1CO. The quantitative estimate of drug-likeness (QED) is 0.330. The van der Waals surface area contributed by atoms with Gasteiger partial charge in [0.2, 0.25) is 5.88 Å². The van der Waals surface area contributed by atoms with Gasteiger partial charge in [0, 0.05) is 18.8 Å². The number of benzene rings is 2. The zero-order chi connectivity index (χ0) is 28.3. The predicted molar refractivity (Wildman–Crippen MR) is 136 cm³/mol. The van der Waals surface area contributed by atoms with Crippen LogP contribution in [0.4, 0.5) is 23.2 Å². The lowest BCUT2D eigenvalue weighted by atomic mass is 10.1. The van der Waals surface area contributed by atoms with Gasteiger partial charge in [-0.2, -0.15) is 18.3 Å². The highest BCUT2D eigenvalue weighted by molar-refractivity contribution is 6.33. The first-order valence-electron chi connectivity index (χ1n) is 11.8. The fraction of sp³-hybridized carbons (Fsp3) is 0.360. The standard InChI is InChI=1S/C25H25ClF4N4O5/c1-3-33-13-34(32-20(33)12-36)16-10-15-6-7-31-24(21(15)19(11-16)38-14(2)25(28,29)30)39-23-17(27)4-5-18(22(23)26)37-9-8-35/h4-7,10-11,14,35-36H,3,8-9,12-13H2,1-2H3/t14-/m0/s1. The largest absolute Gasteiger partial charge is 0.489 e. The van der Waals surface area contributed by atoms with Gasteiger partial charge >= 0.3 is 6.18 Å². The van der Waals surface area contributed by atoms with Crippen LogP contribution in [0.3, 0.4) is 0 Å². The zero-order valence-corrected chi connectivity index (χ0v) is 21.6. The summed E-state index contributed by atoms with van der Waals surface area (Å²) in [6.45, 7) is 2.78. The van der Waals surface area contributed by atoms with Gasteiger partial charge < -0.3 is 29.3 Å². The van der Waals surface area contributed by atoms with E-state index in [-0.39, 0.29) is 54.3 Å². The fourth-order valence-corrected chi connectivity index (χ4v) is 4.06. The molecule has 3 aromatic rings. The summed E-state index contributed by atoms with van der Waals surface area (Å²) in [5, 5.41) is 24.6. The second-order valence-corrected chi connectivity index (χ2v) is 8.77. The molecule has 39 heavy (non-hydrogen) atoms. The first kappa shape index (κ1) is 28.5. The molecule has 0 spiro atoms. The maximum absolute atomic E-state index is 14.7. The lowest BCUT2D eigenvalue weighted by molar-refractivity contribution is -0.189. The third-order valence-electron chi connectivity index (χ3n) is 5.83. The van der Waals surface area contributed by atoms with Gasteiger partial charge in [0.1, 0.15) is 36.4 Å². The summed E-state index contributed by atoms with van der Waals surface area (Å²) in [5.41, 5.74) is 0.384. The molecule has 210 valence electrons. The highest BCUT2D eigenvalue weighted by atomic mass is 35.5. The van der Waals surface area contributed by atoms with Gasteiger partial charge in [0.05, 0.1) is 17.7 Å². The van der Waals surface area contributed by atoms with E-state index in [1.165, 1.54) is 29.4 Å². The van der Waals surface area contributed by atoms with Crippen LogP contribution in [0, 0.1) is 5.82 Å². The summed E-state index contributed by atoms with van der Waals surface area (Å²) in [6.07, 6.45) is -5.56. The Labute approximate surface area is 225 Å². The number of aliphatic hydroxyl groups excluding tert-OH is 2. The minimum atomic E-state index is -4.69. The Morgan fingerprint density at radius 3 is 2.56 bits per heavy atom. The van der Waals surface area contributed by atoms with Crippen LogP contribution in [0.25, 0.3) is 10.8 Å². The average molecular weight is 573 g/mol. The minimum absolute atomic E-state index is 0.0267. The van der Waals surface area contributed by atoms with Gasteiger partial charge in [-0.25, -0.2) is 14.4 Å². The molecule has 2 heterocycles. The second kappa shape index (κ2) is 11.7. The van der Waals surface area contributed by atoms with Gasteiger partial charge in [0.15, 0.2) is 23.5 Å². The maximum Gasteiger partial charge on any atom is 0.425 e. The number of likely N-dealkylation sites (N-methyl/N-ethyl adjacent to an activating group) is 1. The van der Waals surface area contributed by atoms with Crippen LogP contribution in [0.5, 0.6) is 23.1 Å². The van der Waals surface area contributed by atoms with E-state index < -0.39 is 23.8 Å². The Balaban J connectivity index is 1.83. The van der Waals surface area contributed by atoms with Crippen molar-refractivity contribution >= 4 is 33.9 Å². The molecular formula is C25H25ClF4N4O5. The minimum Gasteiger partial charge on any atom is -0.489 e. The highest BCUT2D eigenvalue weighted by Crippen LogP contribution is 2.44. The van der Waals surface area contributed by atoms with Crippen molar-refractivity contribution in [2.24, 2.45) is 5.10 Å². The summed E-state index contributed by atoms with van der Waals surface area (Å²) in [5.74, 6) is -1.42. The Morgan fingerprint density at radius 2 is 1.92 bits per heavy atom. The molecule has 1 atom stereocenters. The molecule has 0 aliphatic carbocycles. The number of rotatable bonds is 10. The normalized spacial score (nSPS) is 14.5. The Kier molecular flexibility index (Phi) is 8.52. The number of ether oxygens (including phenoxy) is 3. The van der Waals surface area contributed by atoms with Crippen molar-refractivity contribution in [1.29, 1.82) is 0 Å². The fourth-order valence-electron chi connectivity index (χ4n) is 3.81. The van der Waals surface area contributed by atoms with Gasteiger partial charge in [-0.1, -0.05) is 11.6 Å². The highest BCUT2D eigenvalue weighted by Gasteiger charge is 2.39. The number of aromatic nitrogens is 1. The van der Waals surface area contributed by atoms with Crippen molar-refractivity contribution in [2.45, 2.75) is 26.1 Å². The number of nitrogens with zero attached hydrogens (tertiary/aromatic N) is 4. The van der Waals surface area contributed by atoms with Gasteiger partial charge in [-0.05, 0) is 43.5 Å². The Bertz CT molecular complexity index is 1370. The molecule has 2 N–H and O–H groups in total. The van der Waals surface area contributed by atoms with Gasteiger partial charge in [0.25, 0.3) is 0 Å². The van der Waals surface area contributed by atoms with E-state index in [0.29, 0.717) is 23.5 Å². The van der Waals surface area contributed by atoms with E-state index in [0.717, 1.165) is 13.0 Å². The molecule has 0 saturated heterocycles. The van der Waals surface area contributed by atoms with Crippen LogP contribution in [0.1, 0.15) is 13.8 Å². The van der Waals surface area contributed by atoms with Crippen LogP contribution >= 0.6 is 11.6 Å². The number of pyridine rings is 1. The zero-order valence-electron chi connectivity index (χ0n) is 20.9. The van der Waals surface area contributed by atoms with E-state index >= 15 is 0 Å². The first-order chi connectivity index (χ1) is 18.6. The number of hydrogen-bond acceptors (Lipinski definition) is 9. The number of hydrogen-bond donors (Lipinski definition) is 2. The third-order valence-corrected chi connectivity index (χ3v) is 6.19. The lowest BCUT2D eigenvalue weighted by Crippen LogP contribution is -2.32. The topological polar surface area (TPSA) is 99.9 Å².